The van der Waals surface area contributed by atoms with Crippen LogP contribution in [0.5, 0.6) is 11.5 Å². The van der Waals surface area contributed by atoms with Crippen LogP contribution in [-0.4, -0.2) is 34.9 Å². The predicted molar refractivity (Wildman–Crippen MR) is 55.6 cm³/mol. The summed E-state index contributed by atoms with van der Waals surface area (Å²) in [6.45, 7) is -0.125. The lowest BCUT2D eigenvalue weighted by Crippen LogP contribution is -2.13. The zero-order chi connectivity index (χ0) is 12.3. The van der Waals surface area contributed by atoms with Crippen molar-refractivity contribution >= 4 is 5.97 Å². The molecule has 1 atom stereocenters. The molecule has 6 nitrogen and oxygen atoms in total. The molecule has 0 spiro atoms. The van der Waals surface area contributed by atoms with Gasteiger partial charge in [0.05, 0.1) is 18.8 Å². The van der Waals surface area contributed by atoms with E-state index in [-0.39, 0.29) is 29.2 Å². The van der Waals surface area contributed by atoms with Gasteiger partial charge in [-0.1, -0.05) is 0 Å². The number of phenolic OH excluding ortho intramolecular Hbond substituents is 1. The van der Waals surface area contributed by atoms with Gasteiger partial charge in [0.2, 0.25) is 0 Å². The Morgan fingerprint density at radius 2 is 2.19 bits per heavy atom. The predicted octanol–water partition coefficient (Wildman–Crippen LogP) is 0.0911. The molecule has 0 aliphatic heterocycles. The fourth-order valence-electron chi connectivity index (χ4n) is 1.29. The smallest absolute Gasteiger partial charge is 0.335 e. The number of nitrogens with two attached hydrogens (primary N) is 1. The number of rotatable bonds is 4. The van der Waals surface area contributed by atoms with Crippen molar-refractivity contribution in [3.63, 3.8) is 0 Å². The van der Waals surface area contributed by atoms with E-state index in [4.69, 9.17) is 15.6 Å². The number of ether oxygens (including phenoxy) is 1. The molecule has 0 fully saturated rings. The molecule has 6 heteroatoms. The summed E-state index contributed by atoms with van der Waals surface area (Å²) in [5, 5.41) is 28.0. The summed E-state index contributed by atoms with van der Waals surface area (Å²) >= 11 is 0. The molecule has 0 aliphatic carbocycles. The maximum absolute atomic E-state index is 10.8. The van der Waals surface area contributed by atoms with Gasteiger partial charge in [-0.25, -0.2) is 4.79 Å². The van der Waals surface area contributed by atoms with Gasteiger partial charge in [0.25, 0.3) is 0 Å². The lowest BCUT2D eigenvalue weighted by atomic mass is 10.0. The van der Waals surface area contributed by atoms with Crippen molar-refractivity contribution in [3.05, 3.63) is 23.3 Å². The van der Waals surface area contributed by atoms with Crippen LogP contribution in [-0.2, 0) is 0 Å². The number of hydrogen-bond donors (Lipinski definition) is 4. The molecule has 0 radical (unpaired) electrons. The van der Waals surface area contributed by atoms with Crippen LogP contribution in [0.3, 0.4) is 0 Å². The van der Waals surface area contributed by atoms with Gasteiger partial charge in [-0.15, -0.1) is 0 Å². The average Bonchev–Trinajstić information content (AvgIpc) is 2.28. The summed E-state index contributed by atoms with van der Waals surface area (Å²) in [4.78, 5) is 10.8. The lowest BCUT2D eigenvalue weighted by Gasteiger charge is -2.14. The number of carbonyl (C=O) groups is 1. The molecule has 88 valence electrons. The summed E-state index contributed by atoms with van der Waals surface area (Å²) in [5.41, 5.74) is 5.20. The van der Waals surface area contributed by atoms with Crippen molar-refractivity contribution in [1.29, 1.82) is 0 Å². The van der Waals surface area contributed by atoms with Crippen molar-refractivity contribution in [2.24, 2.45) is 5.73 Å². The fraction of sp³-hybridized carbons (Fsp3) is 0.300. The largest absolute Gasteiger partial charge is 0.504 e. The second-order valence-electron chi connectivity index (χ2n) is 3.17. The number of aromatic hydroxyl groups is 1. The third kappa shape index (κ3) is 2.23. The fourth-order valence-corrected chi connectivity index (χ4v) is 1.29. The highest BCUT2D eigenvalue weighted by molar-refractivity contribution is 5.89. The first-order chi connectivity index (χ1) is 7.51. The van der Waals surface area contributed by atoms with Crippen LogP contribution in [0.15, 0.2) is 12.1 Å². The van der Waals surface area contributed by atoms with E-state index >= 15 is 0 Å². The number of aliphatic hydroxyl groups excluding tert-OH is 1. The molecule has 0 heterocycles. The van der Waals surface area contributed by atoms with Crippen LogP contribution in [0.2, 0.25) is 0 Å². The lowest BCUT2D eigenvalue weighted by molar-refractivity contribution is 0.0696. The highest BCUT2D eigenvalue weighted by Gasteiger charge is 2.18. The molecular weight excluding hydrogens is 214 g/mol. The van der Waals surface area contributed by atoms with Crippen molar-refractivity contribution in [1.82, 2.24) is 0 Å². The number of aliphatic hydroxyl groups is 1. The maximum atomic E-state index is 10.8. The van der Waals surface area contributed by atoms with Crippen LogP contribution in [0.4, 0.5) is 0 Å². The minimum atomic E-state index is -1.18. The molecule has 0 aliphatic rings. The number of aromatic carboxylic acids is 1. The van der Waals surface area contributed by atoms with Crippen molar-refractivity contribution in [2.75, 3.05) is 13.7 Å². The van der Waals surface area contributed by atoms with E-state index in [1.165, 1.54) is 13.2 Å². The first kappa shape index (κ1) is 12.3. The van der Waals surface area contributed by atoms with Crippen molar-refractivity contribution in [3.8, 4) is 11.5 Å². The Kier molecular flexibility index (Phi) is 3.70. The second-order valence-corrected chi connectivity index (χ2v) is 3.17. The molecular formula is C10H13NO5. The number of carboxylic acids is 1. The summed E-state index contributed by atoms with van der Waals surface area (Å²) < 4.78 is 4.81. The van der Waals surface area contributed by atoms with E-state index in [2.05, 4.69) is 0 Å². The summed E-state index contributed by atoms with van der Waals surface area (Å²) in [7, 11) is 1.29. The Morgan fingerprint density at radius 3 is 2.62 bits per heavy atom. The Labute approximate surface area is 91.9 Å². The SMILES string of the molecule is COc1cc(C(=O)O)cc(C(O)CN)c1O. The normalized spacial score (nSPS) is 12.2. The van der Waals surface area contributed by atoms with Gasteiger partial charge in [0.1, 0.15) is 0 Å². The minimum Gasteiger partial charge on any atom is -0.504 e. The Bertz CT molecular complexity index is 404. The van der Waals surface area contributed by atoms with Crippen LogP contribution < -0.4 is 10.5 Å². The molecule has 0 saturated heterocycles. The number of benzene rings is 1. The quantitative estimate of drug-likeness (QED) is 0.579. The third-order valence-corrected chi connectivity index (χ3v) is 2.15. The highest BCUT2D eigenvalue weighted by atomic mass is 16.5. The minimum absolute atomic E-state index is 0.0117. The standard InChI is InChI=1S/C10H13NO5/c1-16-8-3-5(10(14)15)2-6(9(8)13)7(12)4-11/h2-3,7,12-13H,4,11H2,1H3,(H,14,15). The molecule has 5 N–H and O–H groups in total. The van der Waals surface area contributed by atoms with E-state index in [0.717, 1.165) is 6.07 Å². The second kappa shape index (κ2) is 4.82. The molecule has 1 rings (SSSR count). The Hall–Kier alpha value is -1.79. The van der Waals surface area contributed by atoms with Crippen LogP contribution in [0, 0.1) is 0 Å². The zero-order valence-corrected chi connectivity index (χ0v) is 8.67. The van der Waals surface area contributed by atoms with Crippen LogP contribution in [0.1, 0.15) is 22.0 Å². The van der Waals surface area contributed by atoms with E-state index in [1.807, 2.05) is 0 Å². The molecule has 0 aromatic heterocycles. The summed E-state index contributed by atoms with van der Waals surface area (Å²) in [5.74, 6) is -1.49. The third-order valence-electron chi connectivity index (χ3n) is 2.15. The summed E-state index contributed by atoms with van der Waals surface area (Å²) in [6, 6.07) is 2.34. The number of hydrogen-bond acceptors (Lipinski definition) is 5. The van der Waals surface area contributed by atoms with Crippen molar-refractivity contribution in [2.45, 2.75) is 6.10 Å². The van der Waals surface area contributed by atoms with E-state index in [0.29, 0.717) is 0 Å². The van der Waals surface area contributed by atoms with E-state index in [9.17, 15) is 15.0 Å². The number of methoxy groups -OCH3 is 1. The summed E-state index contributed by atoms with van der Waals surface area (Å²) in [6.07, 6.45) is -1.13. The zero-order valence-electron chi connectivity index (χ0n) is 8.67. The average molecular weight is 227 g/mol. The van der Waals surface area contributed by atoms with Crippen molar-refractivity contribution < 1.29 is 24.9 Å². The monoisotopic (exact) mass is 227 g/mol. The van der Waals surface area contributed by atoms with Gasteiger partial charge < -0.3 is 25.8 Å². The highest BCUT2D eigenvalue weighted by Crippen LogP contribution is 2.34. The Balaban J connectivity index is 3.35. The van der Waals surface area contributed by atoms with E-state index in [1.54, 1.807) is 0 Å². The Morgan fingerprint density at radius 1 is 1.56 bits per heavy atom. The molecule has 16 heavy (non-hydrogen) atoms. The van der Waals surface area contributed by atoms with E-state index < -0.39 is 12.1 Å². The first-order valence-corrected chi connectivity index (χ1v) is 4.53. The van der Waals surface area contributed by atoms with Crippen LogP contribution in [0.25, 0.3) is 0 Å². The maximum Gasteiger partial charge on any atom is 0.335 e. The van der Waals surface area contributed by atoms with Gasteiger partial charge >= 0.3 is 5.97 Å². The molecule has 0 saturated carbocycles. The van der Waals surface area contributed by atoms with Gasteiger partial charge in [-0.3, -0.25) is 0 Å². The molecule has 0 amide bonds. The molecule has 1 aromatic carbocycles. The molecule has 1 unspecified atom stereocenters. The van der Waals surface area contributed by atoms with Gasteiger partial charge in [0, 0.05) is 12.1 Å². The van der Waals surface area contributed by atoms with Gasteiger partial charge in [-0.05, 0) is 12.1 Å². The first-order valence-electron chi connectivity index (χ1n) is 4.53. The number of phenols is 1. The van der Waals surface area contributed by atoms with Crippen LogP contribution >= 0.6 is 0 Å². The topological polar surface area (TPSA) is 113 Å². The van der Waals surface area contributed by atoms with Gasteiger partial charge in [-0.2, -0.15) is 0 Å². The van der Waals surface area contributed by atoms with Gasteiger partial charge in [0.15, 0.2) is 11.5 Å². The number of carboxylic acid groups (broad SMARTS) is 1. The molecule has 0 bridgehead atoms. The molecule has 1 aromatic rings.